The largest absolute Gasteiger partial charge is 0.485 e. The summed E-state index contributed by atoms with van der Waals surface area (Å²) < 4.78 is 11.2. The highest BCUT2D eigenvalue weighted by molar-refractivity contribution is 7.09. The number of thiazole rings is 1. The molecule has 8 nitrogen and oxygen atoms in total. The van der Waals surface area contributed by atoms with E-state index < -0.39 is 0 Å². The maximum atomic E-state index is 12.8. The van der Waals surface area contributed by atoms with E-state index in [1.54, 1.807) is 39.4 Å². The van der Waals surface area contributed by atoms with Crippen LogP contribution in [0.5, 0.6) is 11.5 Å². The summed E-state index contributed by atoms with van der Waals surface area (Å²) in [6.45, 7) is 6.95. The zero-order valence-electron chi connectivity index (χ0n) is 19.9. The average Bonchev–Trinajstić information content (AvgIpc) is 3.33. The highest BCUT2D eigenvalue weighted by Gasteiger charge is 2.28. The molecule has 0 radical (unpaired) electrons. The number of hydrogen-bond acceptors (Lipinski definition) is 7. The molecule has 35 heavy (non-hydrogen) atoms. The van der Waals surface area contributed by atoms with Gasteiger partial charge in [0.25, 0.3) is 11.8 Å². The fourth-order valence-corrected chi connectivity index (χ4v) is 4.53. The molecule has 0 saturated heterocycles. The highest BCUT2D eigenvalue weighted by Crippen LogP contribution is 2.34. The number of fused-ring (bicyclic) bond motifs is 1. The molecule has 0 spiro atoms. The van der Waals surface area contributed by atoms with Gasteiger partial charge in [-0.3, -0.25) is 19.3 Å². The van der Waals surface area contributed by atoms with Gasteiger partial charge in [-0.2, -0.15) is 0 Å². The van der Waals surface area contributed by atoms with E-state index in [1.165, 1.54) is 11.3 Å². The quantitative estimate of drug-likeness (QED) is 0.417. The van der Waals surface area contributed by atoms with E-state index in [1.807, 2.05) is 39.0 Å². The van der Waals surface area contributed by atoms with Crippen molar-refractivity contribution in [3.63, 3.8) is 0 Å². The minimum atomic E-state index is -0.245. The van der Waals surface area contributed by atoms with Crippen molar-refractivity contribution in [3.05, 3.63) is 69.7 Å². The number of rotatable bonds is 9. The van der Waals surface area contributed by atoms with Crippen molar-refractivity contribution < 1.29 is 23.9 Å². The summed E-state index contributed by atoms with van der Waals surface area (Å²) in [4.78, 5) is 45.8. The van der Waals surface area contributed by atoms with Gasteiger partial charge in [0.15, 0.2) is 19.0 Å². The Morgan fingerprint density at radius 2 is 1.97 bits per heavy atom. The number of anilines is 1. The molecule has 0 atom stereocenters. The van der Waals surface area contributed by atoms with Gasteiger partial charge in [-0.1, -0.05) is 12.1 Å². The molecule has 4 rings (SSSR count). The van der Waals surface area contributed by atoms with Crippen LogP contribution in [0.4, 0.5) is 5.69 Å². The van der Waals surface area contributed by atoms with Gasteiger partial charge in [0.1, 0.15) is 22.2 Å². The number of aromatic nitrogens is 1. The van der Waals surface area contributed by atoms with Crippen molar-refractivity contribution in [2.45, 2.75) is 27.3 Å². The van der Waals surface area contributed by atoms with Gasteiger partial charge in [0.05, 0.1) is 12.2 Å². The summed E-state index contributed by atoms with van der Waals surface area (Å²) in [7, 11) is 0. The second-order valence-electron chi connectivity index (χ2n) is 8.08. The van der Waals surface area contributed by atoms with Crippen molar-refractivity contribution in [1.29, 1.82) is 0 Å². The van der Waals surface area contributed by atoms with Crippen molar-refractivity contribution in [1.82, 2.24) is 9.88 Å². The summed E-state index contributed by atoms with van der Waals surface area (Å²) in [6, 6.07) is 12.5. The Labute approximate surface area is 208 Å². The molecule has 0 N–H and O–H groups in total. The lowest BCUT2D eigenvalue weighted by Crippen LogP contribution is -2.38. The molecule has 2 amide bonds. The topological polar surface area (TPSA) is 89.0 Å². The number of carbonyl (C=O) groups is 3. The van der Waals surface area contributed by atoms with Crippen LogP contribution in [0.3, 0.4) is 0 Å². The summed E-state index contributed by atoms with van der Waals surface area (Å²) >= 11 is 1.32. The van der Waals surface area contributed by atoms with Crippen LogP contribution in [0.25, 0.3) is 0 Å². The fourth-order valence-electron chi connectivity index (χ4n) is 3.78. The maximum absolute atomic E-state index is 12.8. The molecule has 1 aliphatic heterocycles. The standard InChI is InChI=1S/C26H27N3O5S/c1-4-28(5-2)26(32)20-16-35-24(27-20)13-29-21-12-18(9-10-23(21)34-15-25(29)31)22(30)14-33-19-8-6-7-17(3)11-19/h6-12,16H,4-5,13-15H2,1-3H3. The molecular weight excluding hydrogens is 466 g/mol. The van der Waals surface area contributed by atoms with E-state index in [0.717, 1.165) is 5.56 Å². The minimum Gasteiger partial charge on any atom is -0.485 e. The number of aryl methyl sites for hydroxylation is 1. The third-order valence-electron chi connectivity index (χ3n) is 5.70. The van der Waals surface area contributed by atoms with E-state index in [9.17, 15) is 14.4 Å². The van der Waals surface area contributed by atoms with Crippen molar-refractivity contribution in [2.75, 3.05) is 31.2 Å². The first kappa shape index (κ1) is 24.4. The molecule has 0 bridgehead atoms. The van der Waals surface area contributed by atoms with Crippen molar-refractivity contribution >= 4 is 34.6 Å². The molecular formula is C26H27N3O5S. The Kier molecular flexibility index (Phi) is 7.45. The zero-order valence-corrected chi connectivity index (χ0v) is 20.8. The monoisotopic (exact) mass is 493 g/mol. The Morgan fingerprint density at radius 3 is 2.71 bits per heavy atom. The Balaban J connectivity index is 1.51. The number of ketones is 1. The summed E-state index contributed by atoms with van der Waals surface area (Å²) in [6.07, 6.45) is 0. The van der Waals surface area contributed by atoms with Crippen molar-refractivity contribution in [2.24, 2.45) is 0 Å². The third kappa shape index (κ3) is 5.51. The first-order valence-electron chi connectivity index (χ1n) is 11.4. The zero-order chi connectivity index (χ0) is 24.9. The van der Waals surface area contributed by atoms with Crippen LogP contribution in [0, 0.1) is 6.92 Å². The number of ether oxygens (including phenoxy) is 2. The van der Waals surface area contributed by atoms with E-state index in [-0.39, 0.29) is 37.4 Å². The number of carbonyl (C=O) groups excluding carboxylic acids is 3. The first-order chi connectivity index (χ1) is 16.9. The second-order valence-corrected chi connectivity index (χ2v) is 9.03. The van der Waals surface area contributed by atoms with Crippen LogP contribution in [0.1, 0.15) is 45.3 Å². The minimum absolute atomic E-state index is 0.104. The number of nitrogens with zero attached hydrogens (tertiary/aromatic N) is 3. The van der Waals surface area contributed by atoms with Crippen LogP contribution < -0.4 is 14.4 Å². The van der Waals surface area contributed by atoms with E-state index in [4.69, 9.17) is 9.47 Å². The Morgan fingerprint density at radius 1 is 1.17 bits per heavy atom. The molecule has 0 saturated carbocycles. The maximum Gasteiger partial charge on any atom is 0.273 e. The summed E-state index contributed by atoms with van der Waals surface area (Å²) in [5, 5.41) is 2.34. The third-order valence-corrected chi connectivity index (χ3v) is 6.53. The lowest BCUT2D eigenvalue weighted by Gasteiger charge is -2.29. The predicted molar refractivity (Wildman–Crippen MR) is 133 cm³/mol. The van der Waals surface area contributed by atoms with Crippen molar-refractivity contribution in [3.8, 4) is 11.5 Å². The van der Waals surface area contributed by atoms with E-state index in [0.29, 0.717) is 46.5 Å². The van der Waals surface area contributed by atoms with Crippen LogP contribution in [-0.2, 0) is 11.3 Å². The van der Waals surface area contributed by atoms with Gasteiger partial charge in [-0.05, 0) is 56.7 Å². The first-order valence-corrected chi connectivity index (χ1v) is 12.3. The molecule has 0 unspecified atom stereocenters. The number of amides is 2. The molecule has 1 aliphatic rings. The number of benzene rings is 2. The van der Waals surface area contributed by atoms with E-state index in [2.05, 4.69) is 4.98 Å². The summed E-state index contributed by atoms with van der Waals surface area (Å²) in [5.74, 6) is 0.540. The summed E-state index contributed by atoms with van der Waals surface area (Å²) in [5.41, 5.74) is 2.32. The Hall–Kier alpha value is -3.72. The smallest absolute Gasteiger partial charge is 0.273 e. The molecule has 1 aromatic heterocycles. The van der Waals surface area contributed by atoms with Gasteiger partial charge in [0.2, 0.25) is 0 Å². The molecule has 182 valence electrons. The predicted octanol–water partition coefficient (Wildman–Crippen LogP) is 4.12. The Bertz CT molecular complexity index is 1250. The van der Waals surface area contributed by atoms with Gasteiger partial charge in [-0.25, -0.2) is 4.98 Å². The molecule has 2 aromatic carbocycles. The fraction of sp³-hybridized carbons (Fsp3) is 0.308. The average molecular weight is 494 g/mol. The molecule has 9 heteroatoms. The lowest BCUT2D eigenvalue weighted by molar-refractivity contribution is -0.121. The molecule has 0 fully saturated rings. The number of Topliss-reactive ketones (excluding diaryl/α,β-unsaturated/α-hetero) is 1. The second kappa shape index (κ2) is 10.7. The van der Waals surface area contributed by atoms with Gasteiger partial charge < -0.3 is 14.4 Å². The van der Waals surface area contributed by atoms with Crippen LogP contribution in [-0.4, -0.2) is 53.8 Å². The number of hydrogen-bond donors (Lipinski definition) is 0. The van der Waals surface area contributed by atoms with Crippen LogP contribution >= 0.6 is 11.3 Å². The van der Waals surface area contributed by atoms with Crippen LogP contribution in [0.15, 0.2) is 47.8 Å². The van der Waals surface area contributed by atoms with Gasteiger partial charge in [-0.15, -0.1) is 11.3 Å². The SMILES string of the molecule is CCN(CC)C(=O)c1csc(CN2C(=O)COc3ccc(C(=O)COc4cccc(C)c4)cc32)n1. The normalized spacial score (nSPS) is 12.7. The van der Waals surface area contributed by atoms with Gasteiger partial charge in [0, 0.05) is 24.0 Å². The van der Waals surface area contributed by atoms with Gasteiger partial charge >= 0.3 is 0 Å². The lowest BCUT2D eigenvalue weighted by atomic mass is 10.1. The van der Waals surface area contributed by atoms with E-state index >= 15 is 0 Å². The molecule has 0 aliphatic carbocycles. The highest BCUT2D eigenvalue weighted by atomic mass is 32.1. The van der Waals surface area contributed by atoms with Crippen LogP contribution in [0.2, 0.25) is 0 Å². The molecule has 3 aromatic rings. The molecule has 2 heterocycles.